The molecule has 1 saturated heterocycles. The molecule has 10 nitrogen and oxygen atoms in total. The molecule has 3 aromatic carbocycles. The lowest BCUT2D eigenvalue weighted by Crippen LogP contribution is -2.36. The number of amides is 1. The van der Waals surface area contributed by atoms with Gasteiger partial charge in [0.1, 0.15) is 39.7 Å². The first-order valence-corrected chi connectivity index (χ1v) is 15.0. The number of nitrogens with one attached hydrogen (secondary N) is 1. The van der Waals surface area contributed by atoms with E-state index in [9.17, 15) is 4.79 Å². The Morgan fingerprint density at radius 3 is 2.24 bits per heavy atom. The minimum absolute atomic E-state index is 0.0208. The molecule has 1 atom stereocenters. The summed E-state index contributed by atoms with van der Waals surface area (Å²) in [4.78, 5) is 19.2. The number of pyridine rings is 1. The number of ether oxygens (including phenoxy) is 4. The molecule has 0 spiro atoms. The summed E-state index contributed by atoms with van der Waals surface area (Å²) >= 11 is 0. The fourth-order valence-electron chi connectivity index (χ4n) is 5.16. The van der Waals surface area contributed by atoms with Gasteiger partial charge in [0.2, 0.25) is 0 Å². The Kier molecular flexibility index (Phi) is 8.46. The van der Waals surface area contributed by atoms with Crippen LogP contribution in [0.15, 0.2) is 91.1 Å². The maximum absolute atomic E-state index is 12.7. The highest BCUT2D eigenvalue weighted by Gasteiger charge is 2.31. The normalized spacial score (nSPS) is 14.8. The van der Waals surface area contributed by atoms with E-state index in [0.29, 0.717) is 48.3 Å². The predicted octanol–water partition coefficient (Wildman–Crippen LogP) is 7.49. The average Bonchev–Trinajstić information content (AvgIpc) is 3.64. The van der Waals surface area contributed by atoms with Crippen LogP contribution in [0.3, 0.4) is 0 Å². The molecule has 1 amide bonds. The molecule has 2 aromatic heterocycles. The zero-order chi connectivity index (χ0) is 31.4. The third kappa shape index (κ3) is 7.29. The average molecular weight is 608 g/mol. The van der Waals surface area contributed by atoms with Crippen molar-refractivity contribution in [3.05, 3.63) is 96.7 Å². The van der Waals surface area contributed by atoms with E-state index < -0.39 is 5.60 Å². The second-order valence-electron chi connectivity index (χ2n) is 11.9. The SMILES string of the molecule is COc1ccc(Cn2nc(NC3CCN(C(=O)OC(C)(C)C)C3)c3c(Oc4ccc(Oc5ccccc5)cc4)ccnc32)cc1. The maximum Gasteiger partial charge on any atom is 0.410 e. The van der Waals surface area contributed by atoms with Crippen molar-refractivity contribution in [2.45, 2.75) is 45.4 Å². The van der Waals surface area contributed by atoms with Crippen LogP contribution in [0.2, 0.25) is 0 Å². The number of anilines is 1. The number of carbonyl (C=O) groups is 1. The van der Waals surface area contributed by atoms with Gasteiger partial charge in [-0.25, -0.2) is 14.5 Å². The molecule has 0 radical (unpaired) electrons. The minimum Gasteiger partial charge on any atom is -0.497 e. The number of hydrogen-bond acceptors (Lipinski definition) is 8. The van der Waals surface area contributed by atoms with E-state index in [4.69, 9.17) is 29.0 Å². The second kappa shape index (κ2) is 12.8. The molecule has 0 saturated carbocycles. The van der Waals surface area contributed by atoms with E-state index in [-0.39, 0.29) is 12.1 Å². The Labute approximate surface area is 262 Å². The van der Waals surface area contributed by atoms with E-state index in [1.165, 1.54) is 0 Å². The summed E-state index contributed by atoms with van der Waals surface area (Å²) in [6.07, 6.45) is 2.17. The molecule has 1 fully saturated rings. The van der Waals surface area contributed by atoms with E-state index in [1.807, 2.05) is 110 Å². The van der Waals surface area contributed by atoms with Gasteiger partial charge in [-0.1, -0.05) is 30.3 Å². The monoisotopic (exact) mass is 607 g/mol. The first-order valence-electron chi connectivity index (χ1n) is 15.0. The van der Waals surface area contributed by atoms with E-state index in [0.717, 1.165) is 28.9 Å². The summed E-state index contributed by atoms with van der Waals surface area (Å²) in [5.74, 6) is 4.16. The molecule has 1 N–H and O–H groups in total. The first kappa shape index (κ1) is 29.8. The lowest BCUT2D eigenvalue weighted by atomic mass is 10.2. The van der Waals surface area contributed by atoms with Crippen molar-refractivity contribution in [1.82, 2.24) is 19.7 Å². The minimum atomic E-state index is -0.553. The summed E-state index contributed by atoms with van der Waals surface area (Å²) in [6.45, 7) is 7.21. The fraction of sp³-hybridized carbons (Fsp3) is 0.286. The number of carbonyl (C=O) groups excluding carboxylic acids is 1. The molecule has 0 bridgehead atoms. The Bertz CT molecular complexity index is 1750. The van der Waals surface area contributed by atoms with Crippen molar-refractivity contribution in [2.75, 3.05) is 25.5 Å². The lowest BCUT2D eigenvalue weighted by molar-refractivity contribution is 0.0293. The van der Waals surface area contributed by atoms with Gasteiger partial charge in [0.25, 0.3) is 0 Å². The van der Waals surface area contributed by atoms with Gasteiger partial charge in [-0.05, 0) is 81.3 Å². The molecule has 3 heterocycles. The van der Waals surface area contributed by atoms with Crippen molar-refractivity contribution < 1.29 is 23.7 Å². The molecule has 45 heavy (non-hydrogen) atoms. The molecule has 0 aliphatic carbocycles. The van der Waals surface area contributed by atoms with Gasteiger partial charge in [0.15, 0.2) is 11.5 Å². The van der Waals surface area contributed by atoms with Crippen molar-refractivity contribution in [3.8, 4) is 28.7 Å². The molecule has 5 aromatic rings. The summed E-state index contributed by atoms with van der Waals surface area (Å²) in [5, 5.41) is 9.29. The zero-order valence-corrected chi connectivity index (χ0v) is 25.9. The maximum atomic E-state index is 12.7. The highest BCUT2D eigenvalue weighted by molar-refractivity contribution is 5.93. The predicted molar refractivity (Wildman–Crippen MR) is 172 cm³/mol. The number of rotatable bonds is 9. The van der Waals surface area contributed by atoms with Gasteiger partial charge < -0.3 is 29.2 Å². The summed E-state index contributed by atoms with van der Waals surface area (Å²) in [5.41, 5.74) is 1.17. The molecule has 1 aliphatic rings. The van der Waals surface area contributed by atoms with Gasteiger partial charge in [-0.2, -0.15) is 5.10 Å². The topological polar surface area (TPSA) is 100.0 Å². The van der Waals surface area contributed by atoms with Gasteiger partial charge in [-0.15, -0.1) is 0 Å². The number of para-hydroxylation sites is 1. The van der Waals surface area contributed by atoms with Crippen LogP contribution in [0, 0.1) is 0 Å². The number of nitrogens with zero attached hydrogens (tertiary/aromatic N) is 4. The number of likely N-dealkylation sites (tertiary alicyclic amines) is 1. The molecule has 6 rings (SSSR count). The molecular formula is C35H37N5O5. The van der Waals surface area contributed by atoms with Crippen LogP contribution in [0.5, 0.6) is 28.7 Å². The molecule has 232 valence electrons. The number of aromatic nitrogens is 3. The fourth-order valence-corrected chi connectivity index (χ4v) is 5.16. The standard InChI is InChI=1S/C35H37N5O5/c1-35(2,3)45-34(41)39-21-19-25(23-39)37-32-31-30(44-29-16-14-28(15-17-29)43-27-8-6-5-7-9-27)18-20-36-33(31)40(38-32)22-24-10-12-26(42-4)13-11-24/h5-18,20,25H,19,21-23H2,1-4H3,(H,37,38). The third-order valence-electron chi connectivity index (χ3n) is 7.30. The van der Waals surface area contributed by atoms with Crippen molar-refractivity contribution in [3.63, 3.8) is 0 Å². The van der Waals surface area contributed by atoms with Crippen LogP contribution >= 0.6 is 0 Å². The van der Waals surface area contributed by atoms with Crippen LogP contribution in [0.4, 0.5) is 10.6 Å². The Balaban J connectivity index is 1.27. The van der Waals surface area contributed by atoms with Gasteiger partial charge >= 0.3 is 6.09 Å². The lowest BCUT2D eigenvalue weighted by Gasteiger charge is -2.24. The van der Waals surface area contributed by atoms with Crippen LogP contribution in [-0.2, 0) is 11.3 Å². The van der Waals surface area contributed by atoms with Crippen LogP contribution < -0.4 is 19.5 Å². The third-order valence-corrected chi connectivity index (χ3v) is 7.30. The van der Waals surface area contributed by atoms with Gasteiger partial charge in [0.05, 0.1) is 13.7 Å². The number of methoxy groups -OCH3 is 1. The van der Waals surface area contributed by atoms with Crippen LogP contribution in [-0.4, -0.2) is 57.6 Å². The molecular weight excluding hydrogens is 570 g/mol. The Morgan fingerprint density at radius 2 is 1.56 bits per heavy atom. The molecule has 1 aliphatic heterocycles. The summed E-state index contributed by atoms with van der Waals surface area (Å²) < 4.78 is 25.1. The molecule has 1 unspecified atom stereocenters. The van der Waals surface area contributed by atoms with E-state index >= 15 is 0 Å². The second-order valence-corrected chi connectivity index (χ2v) is 11.9. The Hall–Kier alpha value is -5.25. The summed E-state index contributed by atoms with van der Waals surface area (Å²) in [7, 11) is 1.65. The number of fused-ring (bicyclic) bond motifs is 1. The number of benzene rings is 3. The van der Waals surface area contributed by atoms with Crippen molar-refractivity contribution in [2.24, 2.45) is 0 Å². The Morgan fingerprint density at radius 1 is 0.889 bits per heavy atom. The number of hydrogen-bond donors (Lipinski definition) is 1. The van der Waals surface area contributed by atoms with E-state index in [1.54, 1.807) is 18.2 Å². The van der Waals surface area contributed by atoms with Gasteiger partial charge in [0, 0.05) is 31.4 Å². The highest BCUT2D eigenvalue weighted by atomic mass is 16.6. The largest absolute Gasteiger partial charge is 0.497 e. The summed E-state index contributed by atoms with van der Waals surface area (Å²) in [6, 6.07) is 26.8. The van der Waals surface area contributed by atoms with Crippen molar-refractivity contribution in [1.29, 1.82) is 0 Å². The highest BCUT2D eigenvalue weighted by Crippen LogP contribution is 2.36. The quantitative estimate of drug-likeness (QED) is 0.184. The smallest absolute Gasteiger partial charge is 0.410 e. The van der Waals surface area contributed by atoms with Gasteiger partial charge in [-0.3, -0.25) is 0 Å². The van der Waals surface area contributed by atoms with Crippen LogP contribution in [0.1, 0.15) is 32.8 Å². The molecule has 10 heteroatoms. The zero-order valence-electron chi connectivity index (χ0n) is 25.9. The first-order chi connectivity index (χ1) is 21.7. The van der Waals surface area contributed by atoms with E-state index in [2.05, 4.69) is 5.32 Å². The van der Waals surface area contributed by atoms with Crippen LogP contribution in [0.25, 0.3) is 11.0 Å². The van der Waals surface area contributed by atoms with Crippen molar-refractivity contribution >= 4 is 22.9 Å².